The largest absolute Gasteiger partial charge is 0.391 e. The van der Waals surface area contributed by atoms with E-state index in [2.05, 4.69) is 15.9 Å². The summed E-state index contributed by atoms with van der Waals surface area (Å²) >= 11 is 3.04. The minimum absolute atomic E-state index is 0.367. The molecule has 2 atom stereocenters. The quantitative estimate of drug-likeness (QED) is 0.840. The lowest BCUT2D eigenvalue weighted by molar-refractivity contribution is 0.164. The van der Waals surface area contributed by atoms with E-state index in [0.717, 1.165) is 0 Å². The van der Waals surface area contributed by atoms with Gasteiger partial charge in [0.05, 0.1) is 16.6 Å². The maximum Gasteiger partial charge on any atom is 0.137 e. The van der Waals surface area contributed by atoms with Crippen molar-refractivity contribution in [2.45, 2.75) is 19.1 Å². The molecule has 0 heterocycles. The van der Waals surface area contributed by atoms with Gasteiger partial charge in [0.2, 0.25) is 0 Å². The lowest BCUT2D eigenvalue weighted by Gasteiger charge is -2.15. The van der Waals surface area contributed by atoms with Crippen LogP contribution in [0.5, 0.6) is 0 Å². The Morgan fingerprint density at radius 2 is 2.15 bits per heavy atom. The molecule has 0 bridgehead atoms. The number of hydrogen-bond acceptors (Lipinski definition) is 2. The second-order valence-corrected chi connectivity index (χ2v) is 3.79. The van der Waals surface area contributed by atoms with Crippen molar-refractivity contribution in [3.63, 3.8) is 0 Å². The summed E-state index contributed by atoms with van der Waals surface area (Å²) < 4.78 is 13.4. The Balaban J connectivity index is 2.97. The smallest absolute Gasteiger partial charge is 0.137 e. The molecule has 4 heteroatoms. The van der Waals surface area contributed by atoms with Gasteiger partial charge in [-0.15, -0.1) is 0 Å². The van der Waals surface area contributed by atoms with Crippen LogP contribution >= 0.6 is 15.9 Å². The van der Waals surface area contributed by atoms with Crippen LogP contribution in [0.3, 0.4) is 0 Å². The number of rotatable bonds is 2. The van der Waals surface area contributed by atoms with E-state index in [1.165, 1.54) is 6.07 Å². The SMILES string of the molecule is C[C@H](O)[C@@H](N)c1ccc(Br)c(F)c1. The van der Waals surface area contributed by atoms with E-state index in [-0.39, 0.29) is 5.82 Å². The van der Waals surface area contributed by atoms with Crippen LogP contribution in [0.25, 0.3) is 0 Å². The van der Waals surface area contributed by atoms with Crippen molar-refractivity contribution in [3.05, 3.63) is 34.1 Å². The summed E-state index contributed by atoms with van der Waals surface area (Å²) in [5, 5.41) is 9.18. The summed E-state index contributed by atoms with van der Waals surface area (Å²) in [5.41, 5.74) is 6.22. The summed E-state index contributed by atoms with van der Waals surface area (Å²) in [5.74, 6) is -0.367. The van der Waals surface area contributed by atoms with Crippen LogP contribution in [-0.4, -0.2) is 11.2 Å². The maximum atomic E-state index is 13.0. The van der Waals surface area contributed by atoms with Gasteiger partial charge in [0.25, 0.3) is 0 Å². The van der Waals surface area contributed by atoms with Gasteiger partial charge in [0.15, 0.2) is 0 Å². The van der Waals surface area contributed by atoms with Gasteiger partial charge in [0, 0.05) is 0 Å². The third kappa shape index (κ3) is 2.49. The molecule has 0 aromatic heterocycles. The Bertz CT molecular complexity index is 304. The molecule has 0 aliphatic rings. The van der Waals surface area contributed by atoms with E-state index < -0.39 is 12.1 Å². The average Bonchev–Trinajstić information content (AvgIpc) is 2.08. The Hall–Kier alpha value is -0.450. The molecular formula is C9H11BrFNO. The van der Waals surface area contributed by atoms with Gasteiger partial charge in [-0.3, -0.25) is 0 Å². The van der Waals surface area contributed by atoms with Gasteiger partial charge in [-0.25, -0.2) is 4.39 Å². The van der Waals surface area contributed by atoms with Crippen LogP contribution in [0, 0.1) is 5.82 Å². The Morgan fingerprint density at radius 1 is 1.54 bits per heavy atom. The third-order valence-corrected chi connectivity index (χ3v) is 2.49. The van der Waals surface area contributed by atoms with E-state index in [0.29, 0.717) is 10.0 Å². The molecule has 0 aliphatic carbocycles. The van der Waals surface area contributed by atoms with Crippen molar-refractivity contribution >= 4 is 15.9 Å². The zero-order valence-electron chi connectivity index (χ0n) is 7.17. The predicted molar refractivity (Wildman–Crippen MR) is 52.7 cm³/mol. The number of hydrogen-bond donors (Lipinski definition) is 2. The van der Waals surface area contributed by atoms with Crippen molar-refractivity contribution < 1.29 is 9.50 Å². The summed E-state index contributed by atoms with van der Waals surface area (Å²) in [6, 6.07) is 4.04. The fourth-order valence-corrected chi connectivity index (χ4v) is 1.24. The Kier molecular flexibility index (Phi) is 3.41. The standard InChI is InChI=1S/C9H11BrFNO/c1-5(13)9(12)6-2-3-7(10)8(11)4-6/h2-5,9,13H,12H2,1H3/t5-,9+/m0/s1. The average molecular weight is 248 g/mol. The normalized spacial score (nSPS) is 15.5. The predicted octanol–water partition coefficient (Wildman–Crippen LogP) is 1.97. The van der Waals surface area contributed by atoms with Crippen LogP contribution in [0.1, 0.15) is 18.5 Å². The molecule has 0 fully saturated rings. The Morgan fingerprint density at radius 3 is 2.62 bits per heavy atom. The molecule has 2 nitrogen and oxygen atoms in total. The summed E-state index contributed by atoms with van der Waals surface area (Å²) in [4.78, 5) is 0. The van der Waals surface area contributed by atoms with Crippen LogP contribution in [-0.2, 0) is 0 Å². The molecule has 1 aromatic carbocycles. The molecular weight excluding hydrogens is 237 g/mol. The highest BCUT2D eigenvalue weighted by Gasteiger charge is 2.13. The fourth-order valence-electron chi connectivity index (χ4n) is 0.998. The van der Waals surface area contributed by atoms with Gasteiger partial charge < -0.3 is 10.8 Å². The minimum atomic E-state index is -0.680. The first-order valence-corrected chi connectivity index (χ1v) is 4.70. The molecule has 1 aromatic rings. The molecule has 0 saturated heterocycles. The van der Waals surface area contributed by atoms with Crippen LogP contribution in [0.2, 0.25) is 0 Å². The fraction of sp³-hybridized carbons (Fsp3) is 0.333. The number of aliphatic hydroxyl groups excluding tert-OH is 1. The number of aliphatic hydroxyl groups is 1. The molecule has 3 N–H and O–H groups in total. The second-order valence-electron chi connectivity index (χ2n) is 2.94. The highest BCUT2D eigenvalue weighted by Crippen LogP contribution is 2.21. The van der Waals surface area contributed by atoms with E-state index in [4.69, 9.17) is 5.73 Å². The highest BCUT2D eigenvalue weighted by molar-refractivity contribution is 9.10. The Labute approximate surface area is 84.7 Å². The van der Waals surface area contributed by atoms with Gasteiger partial charge in [0.1, 0.15) is 5.82 Å². The number of benzene rings is 1. The molecule has 0 amide bonds. The number of nitrogens with two attached hydrogens (primary N) is 1. The van der Waals surface area contributed by atoms with Crippen LogP contribution in [0.4, 0.5) is 4.39 Å². The molecule has 1 rings (SSSR count). The number of halogens is 2. The lowest BCUT2D eigenvalue weighted by Crippen LogP contribution is -2.23. The van der Waals surface area contributed by atoms with Crippen LogP contribution < -0.4 is 5.73 Å². The summed E-state index contributed by atoms with van der Waals surface area (Å²) in [7, 11) is 0. The first-order chi connectivity index (χ1) is 6.02. The maximum absolute atomic E-state index is 13.0. The lowest BCUT2D eigenvalue weighted by atomic mass is 10.0. The van der Waals surface area contributed by atoms with E-state index in [1.807, 2.05) is 0 Å². The molecule has 13 heavy (non-hydrogen) atoms. The molecule has 0 radical (unpaired) electrons. The van der Waals surface area contributed by atoms with Crippen molar-refractivity contribution in [3.8, 4) is 0 Å². The van der Waals surface area contributed by atoms with Crippen molar-refractivity contribution in [1.82, 2.24) is 0 Å². The summed E-state index contributed by atoms with van der Waals surface area (Å²) in [6.07, 6.45) is -0.680. The van der Waals surface area contributed by atoms with Gasteiger partial charge in [-0.05, 0) is 40.5 Å². The van der Waals surface area contributed by atoms with Crippen molar-refractivity contribution in [1.29, 1.82) is 0 Å². The van der Waals surface area contributed by atoms with Crippen molar-refractivity contribution in [2.24, 2.45) is 5.73 Å². The van der Waals surface area contributed by atoms with Crippen LogP contribution in [0.15, 0.2) is 22.7 Å². The molecule has 72 valence electrons. The van der Waals surface area contributed by atoms with Gasteiger partial charge in [-0.2, -0.15) is 0 Å². The monoisotopic (exact) mass is 247 g/mol. The van der Waals surface area contributed by atoms with Crippen molar-refractivity contribution in [2.75, 3.05) is 0 Å². The second kappa shape index (κ2) is 4.17. The topological polar surface area (TPSA) is 46.2 Å². The van der Waals surface area contributed by atoms with E-state index in [9.17, 15) is 9.50 Å². The molecule has 0 saturated carbocycles. The molecule has 0 aliphatic heterocycles. The third-order valence-electron chi connectivity index (χ3n) is 1.85. The first kappa shape index (κ1) is 10.6. The summed E-state index contributed by atoms with van der Waals surface area (Å²) in [6.45, 7) is 1.57. The highest BCUT2D eigenvalue weighted by atomic mass is 79.9. The van der Waals surface area contributed by atoms with E-state index in [1.54, 1.807) is 19.1 Å². The zero-order chi connectivity index (χ0) is 10.0. The minimum Gasteiger partial charge on any atom is -0.391 e. The van der Waals surface area contributed by atoms with E-state index >= 15 is 0 Å². The zero-order valence-corrected chi connectivity index (χ0v) is 8.75. The van der Waals surface area contributed by atoms with Gasteiger partial charge in [-0.1, -0.05) is 6.07 Å². The first-order valence-electron chi connectivity index (χ1n) is 3.91. The van der Waals surface area contributed by atoms with Gasteiger partial charge >= 0.3 is 0 Å². The molecule has 0 spiro atoms. The molecule has 0 unspecified atom stereocenters.